The first kappa shape index (κ1) is 10.6. The van der Waals surface area contributed by atoms with Gasteiger partial charge in [0.2, 0.25) is 0 Å². The fourth-order valence-electron chi connectivity index (χ4n) is 0. The lowest BCUT2D eigenvalue weighted by Crippen LogP contribution is -2.15. The number of carbonyl (C=O) groups is 1. The first-order valence-electron chi connectivity index (χ1n) is 2.45. The molecule has 0 aliphatic rings. The average molecular weight is 116 g/mol. The molecule has 0 saturated carbocycles. The van der Waals surface area contributed by atoms with Crippen LogP contribution in [0.4, 0.5) is 0 Å². The number of hydrogen-bond donors (Lipinski definition) is 0. The Balaban J connectivity index is 0. The summed E-state index contributed by atoms with van der Waals surface area (Å²) in [5, 5.41) is 0. The van der Waals surface area contributed by atoms with Crippen LogP contribution in [0.3, 0.4) is 0 Å². The number of Topliss-reactive ketones (excluding diaryl/α,β-unsaturated/α-hetero) is 1. The maximum Gasteiger partial charge on any atom is 0.135 e. The number of rotatable bonds is 0. The van der Waals surface area contributed by atoms with Gasteiger partial charge in [0.15, 0.2) is 0 Å². The zero-order valence-electron chi connectivity index (χ0n) is 5.41. The fraction of sp³-hybridized carbons (Fsp3) is 0.857. The van der Waals surface area contributed by atoms with Crippen molar-refractivity contribution in [2.24, 2.45) is 5.41 Å². The molecule has 0 fully saturated rings. The van der Waals surface area contributed by atoms with Gasteiger partial charge in [-0.1, -0.05) is 28.2 Å². The minimum atomic E-state index is -0.139. The lowest BCUT2D eigenvalue weighted by molar-refractivity contribution is -0.124. The predicted molar refractivity (Wildman–Crippen MR) is 36.9 cm³/mol. The van der Waals surface area contributed by atoms with Gasteiger partial charge in [0.1, 0.15) is 5.78 Å². The van der Waals surface area contributed by atoms with Crippen molar-refractivity contribution < 1.29 is 4.79 Å². The summed E-state index contributed by atoms with van der Waals surface area (Å²) in [5.74, 6) is 0.243. The molecule has 0 aromatic rings. The number of hydrogen-bond acceptors (Lipinski definition) is 1. The van der Waals surface area contributed by atoms with Gasteiger partial charge in [0, 0.05) is 5.41 Å². The summed E-state index contributed by atoms with van der Waals surface area (Å²) in [4.78, 5) is 10.5. The average Bonchev–Trinajstić information content (AvgIpc) is 1.31. The third kappa shape index (κ3) is 3.85. The number of ketones is 1. The molecule has 0 aliphatic heterocycles. The topological polar surface area (TPSA) is 17.1 Å². The summed E-state index contributed by atoms with van der Waals surface area (Å²) in [6, 6.07) is 0. The fourth-order valence-corrected chi connectivity index (χ4v) is 0. The third-order valence-corrected chi connectivity index (χ3v) is 1.06. The first-order valence-corrected chi connectivity index (χ1v) is 2.45. The Morgan fingerprint density at radius 2 is 1.38 bits per heavy atom. The summed E-state index contributed by atoms with van der Waals surface area (Å²) >= 11 is 0. The predicted octanol–water partition coefficient (Wildman–Crippen LogP) is 2.26. The van der Waals surface area contributed by atoms with Gasteiger partial charge in [-0.2, -0.15) is 0 Å². The highest BCUT2D eigenvalue weighted by Crippen LogP contribution is 2.12. The van der Waals surface area contributed by atoms with E-state index < -0.39 is 0 Å². The van der Waals surface area contributed by atoms with Crippen LogP contribution in [0.1, 0.15) is 35.1 Å². The van der Waals surface area contributed by atoms with E-state index in [1.165, 1.54) is 0 Å². The highest BCUT2D eigenvalue weighted by Gasteiger charge is 2.14. The van der Waals surface area contributed by atoms with Crippen LogP contribution in [0, 0.1) is 5.41 Å². The quantitative estimate of drug-likeness (QED) is 0.474. The summed E-state index contributed by atoms with van der Waals surface area (Å²) in [7, 11) is 0. The molecule has 0 heterocycles. The second kappa shape index (κ2) is 2.85. The summed E-state index contributed by atoms with van der Waals surface area (Å²) in [5.41, 5.74) is -0.139. The van der Waals surface area contributed by atoms with Crippen molar-refractivity contribution >= 4 is 5.78 Å². The molecule has 0 rings (SSSR count). The molecule has 0 saturated heterocycles. The minimum Gasteiger partial charge on any atom is -0.299 e. The van der Waals surface area contributed by atoms with E-state index >= 15 is 0 Å². The Hall–Kier alpha value is -0.330. The Kier molecular flexibility index (Phi) is 3.78. The molecule has 0 spiro atoms. The molecule has 1 nitrogen and oxygen atoms in total. The largest absolute Gasteiger partial charge is 0.299 e. The Morgan fingerprint density at radius 1 is 1.25 bits per heavy atom. The van der Waals surface area contributed by atoms with E-state index in [0.29, 0.717) is 0 Å². The highest BCUT2D eigenvalue weighted by molar-refractivity contribution is 5.80. The maximum atomic E-state index is 10.5. The molecule has 0 aromatic carbocycles. The molecule has 0 radical (unpaired) electrons. The van der Waals surface area contributed by atoms with Crippen LogP contribution >= 0.6 is 0 Å². The van der Waals surface area contributed by atoms with Gasteiger partial charge in [-0.25, -0.2) is 0 Å². The minimum absolute atomic E-state index is 0. The van der Waals surface area contributed by atoms with Crippen LogP contribution in [-0.2, 0) is 4.79 Å². The molecule has 8 heavy (non-hydrogen) atoms. The molecular formula is C7H16O. The van der Waals surface area contributed by atoms with E-state index in [2.05, 4.69) is 0 Å². The maximum absolute atomic E-state index is 10.5. The molecule has 1 heteroatoms. The van der Waals surface area contributed by atoms with Crippen LogP contribution in [0.5, 0.6) is 0 Å². The summed E-state index contributed by atoms with van der Waals surface area (Å²) in [6.07, 6.45) is 0. The van der Waals surface area contributed by atoms with Crippen LogP contribution < -0.4 is 0 Å². The van der Waals surface area contributed by atoms with Gasteiger partial charge in [-0.3, -0.25) is 4.79 Å². The second-order valence-electron chi connectivity index (χ2n) is 2.81. The van der Waals surface area contributed by atoms with Gasteiger partial charge in [-0.15, -0.1) is 0 Å². The van der Waals surface area contributed by atoms with E-state index in [0.717, 1.165) is 0 Å². The zero-order chi connectivity index (χ0) is 6.08. The smallest absolute Gasteiger partial charge is 0.135 e. The van der Waals surface area contributed by atoms with Crippen LogP contribution in [-0.4, -0.2) is 5.78 Å². The Morgan fingerprint density at radius 3 is 1.38 bits per heavy atom. The third-order valence-electron chi connectivity index (χ3n) is 1.06. The Bertz CT molecular complexity index is 76.9. The highest BCUT2D eigenvalue weighted by atomic mass is 16.1. The van der Waals surface area contributed by atoms with Gasteiger partial charge in [0.05, 0.1) is 0 Å². The Labute approximate surface area is 52.1 Å². The van der Waals surface area contributed by atoms with Crippen LogP contribution in [0.2, 0.25) is 0 Å². The van der Waals surface area contributed by atoms with Crippen molar-refractivity contribution in [3.63, 3.8) is 0 Å². The van der Waals surface area contributed by atoms with Gasteiger partial charge >= 0.3 is 0 Å². The van der Waals surface area contributed by atoms with Crippen molar-refractivity contribution in [1.29, 1.82) is 0 Å². The summed E-state index contributed by atoms with van der Waals surface area (Å²) < 4.78 is 0. The van der Waals surface area contributed by atoms with Gasteiger partial charge in [-0.05, 0) is 6.92 Å². The molecule has 0 aliphatic carbocycles. The van der Waals surface area contributed by atoms with Crippen LogP contribution in [0.25, 0.3) is 0 Å². The lowest BCUT2D eigenvalue weighted by Gasteiger charge is -2.11. The molecule has 0 aromatic heterocycles. The molecule has 0 atom stereocenters. The van der Waals surface area contributed by atoms with E-state index in [1.807, 2.05) is 20.8 Å². The molecular weight excluding hydrogens is 100 g/mol. The zero-order valence-corrected chi connectivity index (χ0v) is 5.41. The van der Waals surface area contributed by atoms with Gasteiger partial charge < -0.3 is 0 Å². The first-order chi connectivity index (χ1) is 2.94. The van der Waals surface area contributed by atoms with E-state index in [4.69, 9.17) is 0 Å². The molecule has 0 bridgehead atoms. The standard InChI is InChI=1S/C6H12O.CH4/c1-5(7)6(2,3)4;/h1-4H3;1H4. The summed E-state index contributed by atoms with van der Waals surface area (Å²) in [6.45, 7) is 7.35. The van der Waals surface area contributed by atoms with Crippen LogP contribution in [0.15, 0.2) is 0 Å². The van der Waals surface area contributed by atoms with Crippen molar-refractivity contribution in [3.05, 3.63) is 0 Å². The lowest BCUT2D eigenvalue weighted by atomic mass is 9.92. The van der Waals surface area contributed by atoms with Crippen molar-refractivity contribution in [2.75, 3.05) is 0 Å². The second-order valence-corrected chi connectivity index (χ2v) is 2.81. The normalized spacial score (nSPS) is 10.0. The van der Waals surface area contributed by atoms with E-state index in [-0.39, 0.29) is 18.6 Å². The molecule has 0 N–H and O–H groups in total. The van der Waals surface area contributed by atoms with E-state index in [1.54, 1.807) is 6.92 Å². The SMILES string of the molecule is C.CC(=O)C(C)(C)C. The van der Waals surface area contributed by atoms with Crippen molar-refractivity contribution in [3.8, 4) is 0 Å². The monoisotopic (exact) mass is 116 g/mol. The number of carbonyl (C=O) groups excluding carboxylic acids is 1. The molecule has 50 valence electrons. The van der Waals surface area contributed by atoms with E-state index in [9.17, 15) is 4.79 Å². The van der Waals surface area contributed by atoms with Gasteiger partial charge in [0.25, 0.3) is 0 Å². The molecule has 0 unspecified atom stereocenters. The van der Waals surface area contributed by atoms with Crippen molar-refractivity contribution in [1.82, 2.24) is 0 Å². The molecule has 0 amide bonds. The van der Waals surface area contributed by atoms with Crippen molar-refractivity contribution in [2.45, 2.75) is 35.1 Å².